The topological polar surface area (TPSA) is 57.7 Å². The number of nitrogens with zero attached hydrogens (tertiary/aromatic N) is 2. The zero-order chi connectivity index (χ0) is 13.6. The first-order valence-corrected chi connectivity index (χ1v) is 8.67. The highest BCUT2D eigenvalue weighted by molar-refractivity contribution is 7.91. The molecule has 1 saturated carbocycles. The van der Waals surface area contributed by atoms with Crippen LogP contribution in [0, 0.1) is 0 Å². The summed E-state index contributed by atoms with van der Waals surface area (Å²) in [5, 5.41) is 0. The molecule has 19 heavy (non-hydrogen) atoms. The number of sulfonamides is 1. The van der Waals surface area contributed by atoms with Crippen LogP contribution in [0.25, 0.3) is 0 Å². The molecule has 0 bridgehead atoms. The average molecular weight is 321 g/mol. The van der Waals surface area contributed by atoms with Crippen molar-refractivity contribution in [1.29, 1.82) is 0 Å². The van der Waals surface area contributed by atoms with Gasteiger partial charge in [0.2, 0.25) is 5.91 Å². The molecule has 2 heterocycles. The largest absolute Gasteiger partial charge is 0.337 e. The van der Waals surface area contributed by atoms with E-state index in [0.717, 1.165) is 24.2 Å². The van der Waals surface area contributed by atoms with Crippen molar-refractivity contribution < 1.29 is 13.2 Å². The Morgan fingerprint density at radius 1 is 1.26 bits per heavy atom. The lowest BCUT2D eigenvalue weighted by molar-refractivity contribution is -0.134. The number of rotatable bonds is 3. The molecule has 2 fully saturated rings. The minimum atomic E-state index is -3.58. The molecular weight excluding hydrogens is 308 g/mol. The standard InChI is InChI=1S/C11H13ClN2O3S2/c12-9-3-4-11(18-9)19(16,17)13-5-6-14(8-1-2-8)10(15)7-13/h3-4,8H,1-2,5-7H2. The molecule has 3 rings (SSSR count). The number of hydrogen-bond donors (Lipinski definition) is 0. The van der Waals surface area contributed by atoms with Gasteiger partial charge in [0.25, 0.3) is 10.0 Å². The maximum absolute atomic E-state index is 12.3. The van der Waals surface area contributed by atoms with Crippen molar-refractivity contribution in [1.82, 2.24) is 9.21 Å². The third-order valence-corrected chi connectivity index (χ3v) is 6.90. The lowest BCUT2D eigenvalue weighted by Gasteiger charge is -2.33. The van der Waals surface area contributed by atoms with Crippen molar-refractivity contribution in [2.45, 2.75) is 23.1 Å². The molecule has 1 amide bonds. The van der Waals surface area contributed by atoms with Gasteiger partial charge in [0.05, 0.1) is 10.9 Å². The minimum Gasteiger partial charge on any atom is -0.337 e. The fraction of sp³-hybridized carbons (Fsp3) is 0.545. The van der Waals surface area contributed by atoms with Gasteiger partial charge >= 0.3 is 0 Å². The zero-order valence-electron chi connectivity index (χ0n) is 10.1. The van der Waals surface area contributed by atoms with E-state index in [2.05, 4.69) is 0 Å². The molecule has 0 radical (unpaired) electrons. The molecule has 1 aromatic rings. The van der Waals surface area contributed by atoms with Gasteiger partial charge in [0.1, 0.15) is 4.21 Å². The first-order valence-electron chi connectivity index (χ1n) is 6.03. The van der Waals surface area contributed by atoms with Gasteiger partial charge in [-0.05, 0) is 25.0 Å². The Hall–Kier alpha value is -0.630. The molecule has 0 aromatic carbocycles. The van der Waals surface area contributed by atoms with Gasteiger partial charge in [-0.2, -0.15) is 4.31 Å². The van der Waals surface area contributed by atoms with E-state index >= 15 is 0 Å². The quantitative estimate of drug-likeness (QED) is 0.846. The van der Waals surface area contributed by atoms with Gasteiger partial charge in [-0.15, -0.1) is 11.3 Å². The molecule has 0 unspecified atom stereocenters. The SMILES string of the molecule is O=C1CN(S(=O)(=O)c2ccc(Cl)s2)CCN1C1CC1. The molecule has 1 aromatic heterocycles. The van der Waals surface area contributed by atoms with E-state index < -0.39 is 10.0 Å². The molecule has 5 nitrogen and oxygen atoms in total. The summed E-state index contributed by atoms with van der Waals surface area (Å²) in [6.45, 7) is 0.788. The molecule has 1 aliphatic heterocycles. The van der Waals surface area contributed by atoms with E-state index in [9.17, 15) is 13.2 Å². The fourth-order valence-electron chi connectivity index (χ4n) is 2.21. The maximum atomic E-state index is 12.3. The number of piperazine rings is 1. The van der Waals surface area contributed by atoms with Crippen LogP contribution in [-0.4, -0.2) is 49.2 Å². The summed E-state index contributed by atoms with van der Waals surface area (Å²) in [6, 6.07) is 3.38. The summed E-state index contributed by atoms with van der Waals surface area (Å²) >= 11 is 6.79. The smallest absolute Gasteiger partial charge is 0.253 e. The van der Waals surface area contributed by atoms with Crippen LogP contribution in [0.2, 0.25) is 4.34 Å². The van der Waals surface area contributed by atoms with Crippen molar-refractivity contribution in [2.75, 3.05) is 19.6 Å². The van der Waals surface area contributed by atoms with E-state index in [1.807, 2.05) is 0 Å². The van der Waals surface area contributed by atoms with Crippen molar-refractivity contribution in [3.05, 3.63) is 16.5 Å². The highest BCUT2D eigenvalue weighted by Gasteiger charge is 2.39. The minimum absolute atomic E-state index is 0.0612. The van der Waals surface area contributed by atoms with E-state index in [-0.39, 0.29) is 16.7 Å². The van der Waals surface area contributed by atoms with Crippen molar-refractivity contribution >= 4 is 38.9 Å². The number of thiophene rings is 1. The number of carbonyl (C=O) groups is 1. The maximum Gasteiger partial charge on any atom is 0.253 e. The van der Waals surface area contributed by atoms with Gasteiger partial charge in [0.15, 0.2) is 0 Å². The van der Waals surface area contributed by atoms with Gasteiger partial charge in [-0.25, -0.2) is 8.42 Å². The number of halogens is 1. The Bertz CT molecular complexity index is 609. The van der Waals surface area contributed by atoms with Crippen LogP contribution in [0.4, 0.5) is 0 Å². The fourth-order valence-corrected chi connectivity index (χ4v) is 5.22. The molecule has 1 saturated heterocycles. The lowest BCUT2D eigenvalue weighted by Crippen LogP contribution is -2.52. The third kappa shape index (κ3) is 2.52. The van der Waals surface area contributed by atoms with Gasteiger partial charge in [-0.3, -0.25) is 4.79 Å². The Morgan fingerprint density at radius 2 is 2.00 bits per heavy atom. The van der Waals surface area contributed by atoms with Crippen molar-refractivity contribution in [2.24, 2.45) is 0 Å². The Kier molecular flexibility index (Phi) is 3.33. The van der Waals surface area contributed by atoms with Gasteiger partial charge < -0.3 is 4.90 Å². The van der Waals surface area contributed by atoms with E-state index in [1.165, 1.54) is 10.4 Å². The first-order chi connectivity index (χ1) is 8.98. The number of carbonyl (C=O) groups excluding carboxylic acids is 1. The van der Waals surface area contributed by atoms with E-state index in [4.69, 9.17) is 11.6 Å². The third-order valence-electron chi connectivity index (χ3n) is 3.35. The predicted octanol–water partition coefficient (Wildman–Crippen LogP) is 1.40. The summed E-state index contributed by atoms with van der Waals surface area (Å²) in [5.74, 6) is -0.0972. The number of hydrogen-bond acceptors (Lipinski definition) is 4. The molecule has 104 valence electrons. The highest BCUT2D eigenvalue weighted by atomic mass is 35.5. The summed E-state index contributed by atoms with van der Waals surface area (Å²) in [7, 11) is -3.58. The zero-order valence-corrected chi connectivity index (χ0v) is 12.5. The average Bonchev–Trinajstić information content (AvgIpc) is 3.10. The summed E-state index contributed by atoms with van der Waals surface area (Å²) < 4.78 is 26.6. The Balaban J connectivity index is 1.78. The predicted molar refractivity (Wildman–Crippen MR) is 72.8 cm³/mol. The Morgan fingerprint density at radius 3 is 2.53 bits per heavy atom. The Labute approximate surface area is 120 Å². The van der Waals surface area contributed by atoms with Crippen LogP contribution in [0.5, 0.6) is 0 Å². The molecule has 0 N–H and O–H groups in total. The van der Waals surface area contributed by atoms with Crippen molar-refractivity contribution in [3.63, 3.8) is 0 Å². The monoisotopic (exact) mass is 320 g/mol. The molecule has 2 aliphatic rings. The van der Waals surface area contributed by atoms with Gasteiger partial charge in [0, 0.05) is 19.1 Å². The number of amides is 1. The molecule has 0 atom stereocenters. The van der Waals surface area contributed by atoms with Crippen LogP contribution >= 0.6 is 22.9 Å². The van der Waals surface area contributed by atoms with E-state index in [1.54, 1.807) is 11.0 Å². The van der Waals surface area contributed by atoms with Crippen LogP contribution in [0.3, 0.4) is 0 Å². The summed E-state index contributed by atoms with van der Waals surface area (Å²) in [6.07, 6.45) is 2.08. The molecular formula is C11H13ClN2O3S2. The van der Waals surface area contributed by atoms with E-state index in [0.29, 0.717) is 23.5 Å². The van der Waals surface area contributed by atoms with Crippen LogP contribution in [0.15, 0.2) is 16.3 Å². The first kappa shape index (κ1) is 13.4. The van der Waals surface area contributed by atoms with Crippen LogP contribution in [-0.2, 0) is 14.8 Å². The molecule has 8 heteroatoms. The van der Waals surface area contributed by atoms with Gasteiger partial charge in [-0.1, -0.05) is 11.6 Å². The van der Waals surface area contributed by atoms with Crippen molar-refractivity contribution in [3.8, 4) is 0 Å². The highest BCUT2D eigenvalue weighted by Crippen LogP contribution is 2.31. The summed E-state index contributed by atoms with van der Waals surface area (Å²) in [5.41, 5.74) is 0. The van der Waals surface area contributed by atoms with Crippen LogP contribution < -0.4 is 0 Å². The lowest BCUT2D eigenvalue weighted by atomic mass is 10.3. The molecule has 0 spiro atoms. The second-order valence-corrected chi connectivity index (χ2v) is 8.60. The van der Waals surface area contributed by atoms with Crippen LogP contribution in [0.1, 0.15) is 12.8 Å². The molecule has 1 aliphatic carbocycles. The second kappa shape index (κ2) is 4.73. The summed E-state index contributed by atoms with van der Waals surface area (Å²) in [4.78, 5) is 13.8. The second-order valence-electron chi connectivity index (χ2n) is 4.72. The normalized spacial score (nSPS) is 21.9.